The van der Waals surface area contributed by atoms with Crippen LogP contribution in [0.1, 0.15) is 43.7 Å². The Labute approximate surface area is 197 Å². The fourth-order valence-corrected chi connectivity index (χ4v) is 2.99. The van der Waals surface area contributed by atoms with Gasteiger partial charge < -0.3 is 25.4 Å². The van der Waals surface area contributed by atoms with Crippen molar-refractivity contribution < 1.29 is 14.3 Å². The number of rotatable bonds is 12. The molecule has 1 amide bonds. The van der Waals surface area contributed by atoms with E-state index in [9.17, 15) is 4.79 Å². The van der Waals surface area contributed by atoms with Crippen molar-refractivity contribution in [2.24, 2.45) is 10.9 Å². The van der Waals surface area contributed by atoms with Crippen LogP contribution in [-0.4, -0.2) is 51.8 Å². The zero-order valence-corrected chi connectivity index (χ0v) is 20.8. The number of guanidine groups is 1. The number of hydrogen-bond donors (Lipinski definition) is 3. The maximum atomic E-state index is 11.8. The predicted molar refractivity (Wildman–Crippen MR) is 132 cm³/mol. The summed E-state index contributed by atoms with van der Waals surface area (Å²) in [6.07, 6.45) is 4.12. The molecule has 1 aliphatic rings. The zero-order valence-electron chi connectivity index (χ0n) is 18.5. The van der Waals surface area contributed by atoms with E-state index in [2.05, 4.69) is 33.1 Å². The highest BCUT2D eigenvalue weighted by molar-refractivity contribution is 14.0. The number of carbonyl (C=O) groups excluding carboxylic acids is 1. The van der Waals surface area contributed by atoms with Gasteiger partial charge in [-0.25, -0.2) is 4.99 Å². The molecule has 2 rings (SSSR count). The Bertz CT molecular complexity index is 666. The summed E-state index contributed by atoms with van der Waals surface area (Å²) >= 11 is 0. The average molecular weight is 532 g/mol. The van der Waals surface area contributed by atoms with Gasteiger partial charge in [-0.15, -0.1) is 24.0 Å². The van der Waals surface area contributed by atoms with Crippen molar-refractivity contribution in [1.29, 1.82) is 0 Å². The number of carbonyl (C=O) groups is 1. The summed E-state index contributed by atoms with van der Waals surface area (Å²) in [6, 6.07) is 6.16. The smallest absolute Gasteiger partial charge is 0.223 e. The molecular weight excluding hydrogens is 495 g/mol. The van der Waals surface area contributed by atoms with E-state index in [-0.39, 0.29) is 35.8 Å². The fraction of sp³-hybridized carbons (Fsp3) is 0.636. The molecule has 0 radical (unpaired) electrons. The number of nitrogens with zero attached hydrogens (tertiary/aromatic N) is 1. The summed E-state index contributed by atoms with van der Waals surface area (Å²) in [4.78, 5) is 16.5. The van der Waals surface area contributed by atoms with E-state index in [1.165, 1.54) is 6.42 Å². The first-order chi connectivity index (χ1) is 14.1. The van der Waals surface area contributed by atoms with Crippen molar-refractivity contribution in [2.45, 2.75) is 46.1 Å². The van der Waals surface area contributed by atoms with Gasteiger partial charge in [-0.2, -0.15) is 0 Å². The standard InChI is InChI=1S/C22H36N4O3.HI/c1-4-23-22(25-12-6-11-24-21(27)18-7-5-8-18)26-16-19-10-9-17(2)15-20(19)29-14-13-28-3;/h9-10,15,18H,4-8,11-14,16H2,1-3H3,(H,24,27)(H2,23,25,26);1H. The van der Waals surface area contributed by atoms with Crippen molar-refractivity contribution in [2.75, 3.05) is 40.0 Å². The van der Waals surface area contributed by atoms with Crippen molar-refractivity contribution in [1.82, 2.24) is 16.0 Å². The molecule has 0 saturated heterocycles. The SMILES string of the molecule is CCNC(=NCc1ccc(C)cc1OCCOC)NCCCNC(=O)C1CCC1.I. The highest BCUT2D eigenvalue weighted by atomic mass is 127. The van der Waals surface area contributed by atoms with Crippen LogP contribution in [0.4, 0.5) is 0 Å². The van der Waals surface area contributed by atoms with Gasteiger partial charge in [0.25, 0.3) is 0 Å². The molecule has 1 aliphatic carbocycles. The second-order valence-electron chi connectivity index (χ2n) is 7.35. The van der Waals surface area contributed by atoms with Crippen LogP contribution in [0.15, 0.2) is 23.2 Å². The van der Waals surface area contributed by atoms with E-state index < -0.39 is 0 Å². The number of hydrogen-bond acceptors (Lipinski definition) is 4. The number of aliphatic imine (C=N–C) groups is 1. The summed E-state index contributed by atoms with van der Waals surface area (Å²) in [7, 11) is 1.66. The number of aryl methyl sites for hydroxylation is 1. The molecule has 8 heteroatoms. The highest BCUT2D eigenvalue weighted by Gasteiger charge is 2.24. The quantitative estimate of drug-likeness (QED) is 0.167. The Morgan fingerprint density at radius 1 is 1.17 bits per heavy atom. The number of ether oxygens (including phenoxy) is 2. The second-order valence-corrected chi connectivity index (χ2v) is 7.35. The van der Waals surface area contributed by atoms with Crippen molar-refractivity contribution in [3.63, 3.8) is 0 Å². The lowest BCUT2D eigenvalue weighted by Crippen LogP contribution is -2.39. The van der Waals surface area contributed by atoms with Gasteiger partial charge in [-0.05, 0) is 44.7 Å². The van der Waals surface area contributed by atoms with E-state index in [1.54, 1.807) is 7.11 Å². The Morgan fingerprint density at radius 3 is 2.60 bits per heavy atom. The third kappa shape index (κ3) is 9.51. The molecule has 0 atom stereocenters. The van der Waals surface area contributed by atoms with Crippen molar-refractivity contribution >= 4 is 35.8 Å². The number of amides is 1. The summed E-state index contributed by atoms with van der Waals surface area (Å²) in [6.45, 7) is 7.91. The van der Waals surface area contributed by atoms with Crippen molar-refractivity contribution in [3.8, 4) is 5.75 Å². The molecule has 7 nitrogen and oxygen atoms in total. The van der Waals surface area contributed by atoms with Gasteiger partial charge >= 0.3 is 0 Å². The minimum atomic E-state index is 0. The van der Waals surface area contributed by atoms with Crippen LogP contribution >= 0.6 is 24.0 Å². The molecule has 1 fully saturated rings. The lowest BCUT2D eigenvalue weighted by Gasteiger charge is -2.24. The molecule has 1 aromatic carbocycles. The van der Waals surface area contributed by atoms with Crippen molar-refractivity contribution in [3.05, 3.63) is 29.3 Å². The molecule has 0 aliphatic heterocycles. The third-order valence-electron chi connectivity index (χ3n) is 4.94. The highest BCUT2D eigenvalue weighted by Crippen LogP contribution is 2.26. The molecule has 0 unspecified atom stereocenters. The Hall–Kier alpha value is -1.55. The van der Waals surface area contributed by atoms with Gasteiger partial charge in [0.05, 0.1) is 13.2 Å². The molecule has 1 aromatic rings. The van der Waals surface area contributed by atoms with Gasteiger partial charge in [0, 0.05) is 38.2 Å². The van der Waals surface area contributed by atoms with Crippen LogP contribution in [-0.2, 0) is 16.1 Å². The minimum absolute atomic E-state index is 0. The topological polar surface area (TPSA) is 84.0 Å². The number of nitrogens with one attached hydrogen (secondary N) is 3. The molecule has 30 heavy (non-hydrogen) atoms. The third-order valence-corrected chi connectivity index (χ3v) is 4.94. The monoisotopic (exact) mass is 532 g/mol. The van der Waals surface area contributed by atoms with Crippen LogP contribution in [0.5, 0.6) is 5.75 Å². The fourth-order valence-electron chi connectivity index (χ4n) is 2.99. The van der Waals surface area contributed by atoms with E-state index in [0.717, 1.165) is 55.2 Å². The molecule has 0 bridgehead atoms. The van der Waals surface area contributed by atoms with Gasteiger partial charge in [0.1, 0.15) is 12.4 Å². The normalized spacial score (nSPS) is 13.8. The predicted octanol–water partition coefficient (Wildman–Crippen LogP) is 3.00. The molecule has 170 valence electrons. The van der Waals surface area contributed by atoms with Gasteiger partial charge in [-0.1, -0.05) is 18.6 Å². The summed E-state index contributed by atoms with van der Waals surface area (Å²) in [5.41, 5.74) is 2.19. The molecule has 0 spiro atoms. The summed E-state index contributed by atoms with van der Waals surface area (Å²) in [5, 5.41) is 9.61. The lowest BCUT2D eigenvalue weighted by atomic mass is 9.85. The van der Waals surface area contributed by atoms with E-state index in [0.29, 0.717) is 26.3 Å². The molecule has 3 N–H and O–H groups in total. The van der Waals surface area contributed by atoms with Crippen LogP contribution in [0.25, 0.3) is 0 Å². The van der Waals surface area contributed by atoms with E-state index in [4.69, 9.17) is 9.47 Å². The average Bonchev–Trinajstić information content (AvgIpc) is 2.65. The van der Waals surface area contributed by atoms with Crippen LogP contribution in [0.2, 0.25) is 0 Å². The van der Waals surface area contributed by atoms with Gasteiger partial charge in [0.2, 0.25) is 5.91 Å². The molecular formula is C22H37IN4O3. The second kappa shape index (κ2) is 15.3. The minimum Gasteiger partial charge on any atom is -0.491 e. The molecule has 1 saturated carbocycles. The Balaban J connectivity index is 0.00000450. The first-order valence-electron chi connectivity index (χ1n) is 10.6. The van der Waals surface area contributed by atoms with E-state index >= 15 is 0 Å². The zero-order chi connectivity index (χ0) is 20.9. The Kier molecular flexibility index (Phi) is 13.5. The number of benzene rings is 1. The first-order valence-corrected chi connectivity index (χ1v) is 10.6. The van der Waals surface area contributed by atoms with Gasteiger partial charge in [-0.3, -0.25) is 4.79 Å². The summed E-state index contributed by atoms with van der Waals surface area (Å²) < 4.78 is 10.9. The maximum Gasteiger partial charge on any atom is 0.223 e. The molecule has 0 heterocycles. The molecule has 0 aromatic heterocycles. The number of methoxy groups -OCH3 is 1. The largest absolute Gasteiger partial charge is 0.491 e. The van der Waals surface area contributed by atoms with Crippen LogP contribution in [0, 0.1) is 12.8 Å². The Morgan fingerprint density at radius 2 is 1.93 bits per heavy atom. The lowest BCUT2D eigenvalue weighted by molar-refractivity contribution is -0.127. The first kappa shape index (κ1) is 26.5. The number of halogens is 1. The van der Waals surface area contributed by atoms with E-state index in [1.807, 2.05) is 19.9 Å². The van der Waals surface area contributed by atoms with Crippen LogP contribution in [0.3, 0.4) is 0 Å². The summed E-state index contributed by atoms with van der Waals surface area (Å²) in [5.74, 6) is 2.07. The maximum absolute atomic E-state index is 11.8. The van der Waals surface area contributed by atoms with Crippen LogP contribution < -0.4 is 20.7 Å². The van der Waals surface area contributed by atoms with Gasteiger partial charge in [0.15, 0.2) is 5.96 Å².